The third-order valence-electron chi connectivity index (χ3n) is 4.55. The first kappa shape index (κ1) is 24.8. The van der Waals surface area contributed by atoms with E-state index in [0.717, 1.165) is 13.1 Å². The molecule has 0 atom stereocenters. The first-order valence-electron chi connectivity index (χ1n) is 9.69. The number of aliphatic hydroxyl groups is 2. The Bertz CT molecular complexity index is 359. The molecule has 0 aromatic carbocycles. The van der Waals surface area contributed by atoms with Gasteiger partial charge in [0.25, 0.3) is 0 Å². The van der Waals surface area contributed by atoms with Gasteiger partial charge in [-0.1, -0.05) is 13.8 Å². The van der Waals surface area contributed by atoms with E-state index in [2.05, 4.69) is 9.80 Å². The van der Waals surface area contributed by atoms with Crippen LogP contribution in [0, 0.1) is 0 Å². The smallest absolute Gasteiger partial charge is 0.236 e. The zero-order valence-corrected chi connectivity index (χ0v) is 17.0. The van der Waals surface area contributed by atoms with Gasteiger partial charge in [0.1, 0.15) is 0 Å². The van der Waals surface area contributed by atoms with Gasteiger partial charge in [-0.2, -0.15) is 0 Å². The number of hydrogen-bond acceptors (Lipinski definition) is 6. The van der Waals surface area contributed by atoms with Crippen LogP contribution in [-0.2, 0) is 9.59 Å². The normalized spacial score (nSPS) is 11.2. The zero-order chi connectivity index (χ0) is 19.9. The van der Waals surface area contributed by atoms with Gasteiger partial charge >= 0.3 is 0 Å². The van der Waals surface area contributed by atoms with Crippen molar-refractivity contribution in [3.63, 3.8) is 0 Å². The zero-order valence-electron chi connectivity index (χ0n) is 17.0. The Morgan fingerprint density at radius 3 is 1.19 bits per heavy atom. The van der Waals surface area contributed by atoms with Crippen LogP contribution in [-0.4, -0.2) is 120 Å². The Labute approximate surface area is 158 Å². The van der Waals surface area contributed by atoms with E-state index in [4.69, 9.17) is 10.2 Å². The van der Waals surface area contributed by atoms with E-state index in [-0.39, 0.29) is 25.0 Å². The molecule has 0 aliphatic rings. The summed E-state index contributed by atoms with van der Waals surface area (Å²) in [7, 11) is 0. The molecule has 154 valence electrons. The average molecular weight is 375 g/mol. The van der Waals surface area contributed by atoms with Crippen LogP contribution in [0.25, 0.3) is 0 Å². The third-order valence-corrected chi connectivity index (χ3v) is 4.55. The molecule has 0 saturated heterocycles. The summed E-state index contributed by atoms with van der Waals surface area (Å²) in [5.41, 5.74) is 0. The van der Waals surface area contributed by atoms with E-state index in [1.54, 1.807) is 9.80 Å². The highest BCUT2D eigenvalue weighted by Crippen LogP contribution is 1.99. The first-order chi connectivity index (χ1) is 12.5. The summed E-state index contributed by atoms with van der Waals surface area (Å²) in [6.45, 7) is 13.2. The van der Waals surface area contributed by atoms with Crippen LogP contribution in [0.1, 0.15) is 27.7 Å². The SMILES string of the molecule is CCN(CCN(CC)CC(=O)N(CC)CCO)CC(=O)N(CC)CCO. The number of carbonyl (C=O) groups is 2. The van der Waals surface area contributed by atoms with Crippen molar-refractivity contribution in [1.82, 2.24) is 19.6 Å². The molecule has 8 heteroatoms. The van der Waals surface area contributed by atoms with Crippen LogP contribution in [0.3, 0.4) is 0 Å². The van der Waals surface area contributed by atoms with Gasteiger partial charge in [0.2, 0.25) is 11.8 Å². The molecule has 0 radical (unpaired) electrons. The number of nitrogens with zero attached hydrogens (tertiary/aromatic N) is 4. The van der Waals surface area contributed by atoms with Crippen molar-refractivity contribution in [3.05, 3.63) is 0 Å². The van der Waals surface area contributed by atoms with Crippen molar-refractivity contribution < 1.29 is 19.8 Å². The molecular formula is C18H38N4O4. The van der Waals surface area contributed by atoms with Crippen molar-refractivity contribution in [2.45, 2.75) is 27.7 Å². The molecular weight excluding hydrogens is 336 g/mol. The number of aliphatic hydroxyl groups excluding tert-OH is 2. The van der Waals surface area contributed by atoms with Gasteiger partial charge in [-0.15, -0.1) is 0 Å². The first-order valence-corrected chi connectivity index (χ1v) is 9.69. The summed E-state index contributed by atoms with van der Waals surface area (Å²) >= 11 is 0. The molecule has 0 heterocycles. The van der Waals surface area contributed by atoms with Crippen LogP contribution in [0.4, 0.5) is 0 Å². The standard InChI is InChI=1S/C18H38N4O4/c1-5-19(15-17(25)21(7-3)11-13-23)9-10-20(6-2)16-18(26)22(8-4)12-14-24/h23-24H,5-16H2,1-4H3. The molecule has 0 aliphatic carbocycles. The van der Waals surface area contributed by atoms with Crippen molar-refractivity contribution in [2.75, 3.05) is 78.7 Å². The minimum Gasteiger partial charge on any atom is -0.395 e. The fourth-order valence-corrected chi connectivity index (χ4v) is 2.72. The third kappa shape index (κ3) is 9.47. The second kappa shape index (κ2) is 14.9. The molecule has 0 aliphatic heterocycles. The minimum absolute atomic E-state index is 0.0163. The van der Waals surface area contributed by atoms with Crippen molar-refractivity contribution in [2.24, 2.45) is 0 Å². The lowest BCUT2D eigenvalue weighted by Crippen LogP contribution is -2.46. The number of carbonyl (C=O) groups excluding carboxylic acids is 2. The number of amides is 2. The maximum Gasteiger partial charge on any atom is 0.236 e. The highest BCUT2D eigenvalue weighted by atomic mass is 16.3. The van der Waals surface area contributed by atoms with Gasteiger partial charge in [-0.25, -0.2) is 0 Å². The Kier molecular flexibility index (Phi) is 14.2. The minimum atomic E-state index is -0.0286. The Morgan fingerprint density at radius 2 is 0.962 bits per heavy atom. The average Bonchev–Trinajstić information content (AvgIpc) is 2.65. The Morgan fingerprint density at radius 1 is 0.615 bits per heavy atom. The van der Waals surface area contributed by atoms with Crippen LogP contribution in [0.5, 0.6) is 0 Å². The molecule has 0 bridgehead atoms. The molecule has 0 saturated carbocycles. The quantitative estimate of drug-likeness (QED) is 0.395. The monoisotopic (exact) mass is 374 g/mol. The van der Waals surface area contributed by atoms with Gasteiger partial charge in [0.05, 0.1) is 26.3 Å². The van der Waals surface area contributed by atoms with E-state index in [1.165, 1.54) is 0 Å². The molecule has 8 nitrogen and oxygen atoms in total. The molecule has 0 unspecified atom stereocenters. The Balaban J connectivity index is 4.53. The lowest BCUT2D eigenvalue weighted by molar-refractivity contribution is -0.134. The fourth-order valence-electron chi connectivity index (χ4n) is 2.72. The highest BCUT2D eigenvalue weighted by molar-refractivity contribution is 5.78. The van der Waals surface area contributed by atoms with E-state index < -0.39 is 0 Å². The van der Waals surface area contributed by atoms with Gasteiger partial charge in [0.15, 0.2) is 0 Å². The van der Waals surface area contributed by atoms with Gasteiger partial charge in [-0.3, -0.25) is 19.4 Å². The molecule has 2 N–H and O–H groups in total. The van der Waals surface area contributed by atoms with Crippen molar-refractivity contribution >= 4 is 11.8 Å². The van der Waals surface area contributed by atoms with Crippen LogP contribution in [0.15, 0.2) is 0 Å². The molecule has 0 spiro atoms. The van der Waals surface area contributed by atoms with E-state index in [0.29, 0.717) is 52.4 Å². The number of hydrogen-bond donors (Lipinski definition) is 2. The summed E-state index contributed by atoms with van der Waals surface area (Å²) in [4.78, 5) is 32.0. The summed E-state index contributed by atoms with van der Waals surface area (Å²) in [6.07, 6.45) is 0. The maximum absolute atomic E-state index is 12.3. The van der Waals surface area contributed by atoms with Crippen LogP contribution >= 0.6 is 0 Å². The molecule has 26 heavy (non-hydrogen) atoms. The van der Waals surface area contributed by atoms with Gasteiger partial charge in [-0.05, 0) is 26.9 Å². The molecule has 0 fully saturated rings. The lowest BCUT2D eigenvalue weighted by Gasteiger charge is -2.29. The number of rotatable bonds is 15. The van der Waals surface area contributed by atoms with Gasteiger partial charge < -0.3 is 20.0 Å². The topological polar surface area (TPSA) is 87.6 Å². The van der Waals surface area contributed by atoms with Gasteiger partial charge in [0, 0.05) is 39.3 Å². The van der Waals surface area contributed by atoms with Crippen LogP contribution in [0.2, 0.25) is 0 Å². The predicted octanol–water partition coefficient (Wildman–Crippen LogP) is -0.688. The van der Waals surface area contributed by atoms with Crippen molar-refractivity contribution in [3.8, 4) is 0 Å². The van der Waals surface area contributed by atoms with E-state index in [9.17, 15) is 9.59 Å². The highest BCUT2D eigenvalue weighted by Gasteiger charge is 2.18. The fraction of sp³-hybridized carbons (Fsp3) is 0.889. The summed E-state index contributed by atoms with van der Waals surface area (Å²) in [6, 6.07) is 0. The van der Waals surface area contributed by atoms with E-state index >= 15 is 0 Å². The molecule has 0 aromatic rings. The summed E-state index contributed by atoms with van der Waals surface area (Å²) < 4.78 is 0. The molecule has 0 rings (SSSR count). The summed E-state index contributed by atoms with van der Waals surface area (Å²) in [5, 5.41) is 18.1. The summed E-state index contributed by atoms with van der Waals surface area (Å²) in [5.74, 6) is 0.0326. The Hall–Kier alpha value is -1.22. The second-order valence-corrected chi connectivity index (χ2v) is 6.13. The molecule has 2 amide bonds. The predicted molar refractivity (Wildman–Crippen MR) is 103 cm³/mol. The largest absolute Gasteiger partial charge is 0.395 e. The van der Waals surface area contributed by atoms with Crippen molar-refractivity contribution in [1.29, 1.82) is 0 Å². The lowest BCUT2D eigenvalue weighted by atomic mass is 10.3. The molecule has 0 aromatic heterocycles. The maximum atomic E-state index is 12.3. The second-order valence-electron chi connectivity index (χ2n) is 6.13. The van der Waals surface area contributed by atoms with E-state index in [1.807, 2.05) is 27.7 Å². The number of likely N-dealkylation sites (N-methyl/N-ethyl adjacent to an activating group) is 4. The van der Waals surface area contributed by atoms with Crippen LogP contribution < -0.4 is 0 Å².